The monoisotopic (exact) mass is 315 g/mol. The fourth-order valence-corrected chi connectivity index (χ4v) is 2.78. The van der Waals surface area contributed by atoms with Gasteiger partial charge in [0.25, 0.3) is 0 Å². The molecule has 1 fully saturated rings. The van der Waals surface area contributed by atoms with Gasteiger partial charge in [0.15, 0.2) is 0 Å². The van der Waals surface area contributed by atoms with Crippen molar-refractivity contribution < 1.29 is 9.13 Å². The molecule has 2 unspecified atom stereocenters. The first-order chi connectivity index (χ1) is 8.45. The molecule has 2 rings (SSSR count). The molecule has 4 heteroatoms. The molecule has 0 aliphatic heterocycles. The lowest BCUT2D eigenvalue weighted by molar-refractivity contribution is -0.0975. The highest BCUT2D eigenvalue weighted by atomic mass is 79.9. The van der Waals surface area contributed by atoms with Gasteiger partial charge in [-0.25, -0.2) is 4.39 Å². The fraction of sp³-hybridized carbons (Fsp3) is 0.571. The van der Waals surface area contributed by atoms with Crippen LogP contribution >= 0.6 is 15.9 Å². The van der Waals surface area contributed by atoms with E-state index in [9.17, 15) is 4.39 Å². The number of halogens is 2. The lowest BCUT2D eigenvalue weighted by Crippen LogP contribution is -2.58. The van der Waals surface area contributed by atoms with Crippen LogP contribution in [0.1, 0.15) is 27.2 Å². The van der Waals surface area contributed by atoms with Crippen LogP contribution in [0.3, 0.4) is 0 Å². The van der Waals surface area contributed by atoms with Gasteiger partial charge in [0.05, 0.1) is 10.6 Å². The number of benzene rings is 1. The number of rotatable bonds is 4. The van der Waals surface area contributed by atoms with E-state index < -0.39 is 0 Å². The fourth-order valence-electron chi connectivity index (χ4n) is 2.40. The van der Waals surface area contributed by atoms with Crippen LogP contribution < -0.4 is 5.32 Å². The summed E-state index contributed by atoms with van der Waals surface area (Å²) in [5.74, 6) is -0.236. The van der Waals surface area contributed by atoms with Crippen LogP contribution in [0.5, 0.6) is 0 Å². The molecular formula is C14H19BrFNO. The number of hydrogen-bond donors (Lipinski definition) is 1. The van der Waals surface area contributed by atoms with Crippen molar-refractivity contribution in [3.05, 3.63) is 28.5 Å². The minimum Gasteiger partial charge on any atom is -0.382 e. The molecule has 0 spiro atoms. The van der Waals surface area contributed by atoms with Gasteiger partial charge in [0.1, 0.15) is 5.82 Å². The van der Waals surface area contributed by atoms with E-state index in [1.807, 2.05) is 6.92 Å². The zero-order chi connectivity index (χ0) is 13.3. The van der Waals surface area contributed by atoms with Gasteiger partial charge in [-0.05, 0) is 47.5 Å². The maximum absolute atomic E-state index is 13.2. The van der Waals surface area contributed by atoms with Crippen LogP contribution in [0.15, 0.2) is 22.7 Å². The molecule has 1 saturated carbocycles. The molecule has 1 aromatic rings. The molecule has 1 aliphatic carbocycles. The Hall–Kier alpha value is -0.610. The van der Waals surface area contributed by atoms with Gasteiger partial charge < -0.3 is 10.1 Å². The van der Waals surface area contributed by atoms with Gasteiger partial charge in [-0.2, -0.15) is 0 Å². The van der Waals surface area contributed by atoms with Gasteiger partial charge in [-0.1, -0.05) is 13.8 Å². The van der Waals surface area contributed by atoms with E-state index in [-0.39, 0.29) is 11.2 Å². The Kier molecular flexibility index (Phi) is 3.97. The smallest absolute Gasteiger partial charge is 0.137 e. The summed E-state index contributed by atoms with van der Waals surface area (Å²) < 4.78 is 19.3. The van der Waals surface area contributed by atoms with Gasteiger partial charge in [-0.15, -0.1) is 0 Å². The van der Waals surface area contributed by atoms with Crippen LogP contribution in [-0.4, -0.2) is 18.8 Å². The van der Waals surface area contributed by atoms with Crippen molar-refractivity contribution in [3.8, 4) is 0 Å². The van der Waals surface area contributed by atoms with Crippen molar-refractivity contribution in [3.63, 3.8) is 0 Å². The Labute approximate surface area is 116 Å². The van der Waals surface area contributed by atoms with Crippen molar-refractivity contribution in [1.29, 1.82) is 0 Å². The van der Waals surface area contributed by atoms with E-state index in [0.717, 1.165) is 18.7 Å². The quantitative estimate of drug-likeness (QED) is 0.899. The molecule has 0 saturated heterocycles. The SMILES string of the molecule is CCOC1CC(Nc2ccc(F)c(Br)c2)C1(C)C. The maximum atomic E-state index is 13.2. The second kappa shape index (κ2) is 5.17. The van der Waals surface area contributed by atoms with Crippen LogP contribution in [0.4, 0.5) is 10.1 Å². The zero-order valence-electron chi connectivity index (χ0n) is 11.0. The summed E-state index contributed by atoms with van der Waals surface area (Å²) >= 11 is 3.20. The molecule has 0 aromatic heterocycles. The van der Waals surface area contributed by atoms with Crippen molar-refractivity contribution in [2.45, 2.75) is 39.3 Å². The summed E-state index contributed by atoms with van der Waals surface area (Å²) in [6.07, 6.45) is 1.31. The lowest BCUT2D eigenvalue weighted by atomic mass is 9.64. The van der Waals surface area contributed by atoms with Crippen molar-refractivity contribution in [2.24, 2.45) is 5.41 Å². The Morgan fingerprint density at radius 1 is 1.50 bits per heavy atom. The van der Waals surface area contributed by atoms with Gasteiger partial charge in [0, 0.05) is 23.8 Å². The predicted octanol–water partition coefficient (Wildman–Crippen LogP) is 4.20. The van der Waals surface area contributed by atoms with Gasteiger partial charge >= 0.3 is 0 Å². The summed E-state index contributed by atoms with van der Waals surface area (Å²) in [6, 6.07) is 5.38. The minimum atomic E-state index is -0.236. The molecule has 0 radical (unpaired) electrons. The van der Waals surface area contributed by atoms with Gasteiger partial charge in [-0.3, -0.25) is 0 Å². The second-order valence-corrected chi connectivity index (χ2v) is 6.18. The van der Waals surface area contributed by atoms with E-state index in [2.05, 4.69) is 35.1 Å². The predicted molar refractivity (Wildman–Crippen MR) is 75.3 cm³/mol. The lowest BCUT2D eigenvalue weighted by Gasteiger charge is -2.52. The molecule has 18 heavy (non-hydrogen) atoms. The molecule has 2 nitrogen and oxygen atoms in total. The molecule has 0 amide bonds. The summed E-state index contributed by atoms with van der Waals surface area (Å²) in [7, 11) is 0. The second-order valence-electron chi connectivity index (χ2n) is 5.33. The molecule has 0 bridgehead atoms. The Balaban J connectivity index is 2.01. The first-order valence-corrected chi connectivity index (χ1v) is 7.07. The van der Waals surface area contributed by atoms with E-state index in [0.29, 0.717) is 16.6 Å². The average Bonchev–Trinajstić information content (AvgIpc) is 2.32. The Morgan fingerprint density at radius 3 is 2.78 bits per heavy atom. The third-order valence-corrected chi connectivity index (χ3v) is 4.41. The molecule has 2 atom stereocenters. The highest BCUT2D eigenvalue weighted by molar-refractivity contribution is 9.10. The van der Waals surface area contributed by atoms with Gasteiger partial charge in [0.2, 0.25) is 0 Å². The summed E-state index contributed by atoms with van der Waals surface area (Å²) in [4.78, 5) is 0. The van der Waals surface area contributed by atoms with Crippen LogP contribution in [0.25, 0.3) is 0 Å². The summed E-state index contributed by atoms with van der Waals surface area (Å²) in [5, 5.41) is 3.45. The zero-order valence-corrected chi connectivity index (χ0v) is 12.6. The number of nitrogens with one attached hydrogen (secondary N) is 1. The van der Waals surface area contributed by atoms with E-state index in [4.69, 9.17) is 4.74 Å². The number of hydrogen-bond acceptors (Lipinski definition) is 2. The van der Waals surface area contributed by atoms with E-state index in [1.54, 1.807) is 12.1 Å². The number of ether oxygens (including phenoxy) is 1. The summed E-state index contributed by atoms with van der Waals surface area (Å²) in [6.45, 7) is 7.18. The van der Waals surface area contributed by atoms with Crippen LogP contribution in [-0.2, 0) is 4.74 Å². The first kappa shape index (κ1) is 13.8. The largest absolute Gasteiger partial charge is 0.382 e. The molecule has 0 heterocycles. The highest BCUT2D eigenvalue weighted by Gasteiger charge is 2.48. The third-order valence-electron chi connectivity index (χ3n) is 3.81. The average molecular weight is 316 g/mol. The maximum Gasteiger partial charge on any atom is 0.137 e. The molecule has 1 aliphatic rings. The minimum absolute atomic E-state index is 0.108. The molecule has 100 valence electrons. The Morgan fingerprint density at radius 2 is 2.22 bits per heavy atom. The highest BCUT2D eigenvalue weighted by Crippen LogP contribution is 2.44. The molecule has 1 N–H and O–H groups in total. The van der Waals surface area contributed by atoms with E-state index >= 15 is 0 Å². The summed E-state index contributed by atoms with van der Waals surface area (Å²) in [5.41, 5.74) is 1.05. The molecule has 1 aromatic carbocycles. The molecular weight excluding hydrogens is 297 g/mol. The standard InChI is InChI=1S/C14H19BrFNO/c1-4-18-13-8-12(14(13,2)3)17-9-5-6-11(16)10(15)7-9/h5-7,12-13,17H,4,8H2,1-3H3. The first-order valence-electron chi connectivity index (χ1n) is 6.28. The van der Waals surface area contributed by atoms with E-state index in [1.165, 1.54) is 6.07 Å². The topological polar surface area (TPSA) is 21.3 Å². The number of anilines is 1. The Bertz CT molecular complexity index is 436. The normalized spacial score (nSPS) is 25.6. The van der Waals surface area contributed by atoms with Crippen molar-refractivity contribution in [1.82, 2.24) is 0 Å². The van der Waals surface area contributed by atoms with Crippen molar-refractivity contribution >= 4 is 21.6 Å². The van der Waals surface area contributed by atoms with Crippen LogP contribution in [0, 0.1) is 11.2 Å². The van der Waals surface area contributed by atoms with Crippen molar-refractivity contribution in [2.75, 3.05) is 11.9 Å². The van der Waals surface area contributed by atoms with Crippen LogP contribution in [0.2, 0.25) is 0 Å². The third kappa shape index (κ3) is 2.54.